The molecule has 212 valence electrons. The fraction of sp³-hybridized carbons (Fsp3) is 0.615. The van der Waals surface area contributed by atoms with Gasteiger partial charge in [0.05, 0.1) is 6.54 Å². The first-order valence-corrected chi connectivity index (χ1v) is 13.8. The number of thioether (sulfide) groups is 1. The molecule has 1 atom stereocenters. The van der Waals surface area contributed by atoms with Crippen molar-refractivity contribution in [1.29, 1.82) is 0 Å². The zero-order valence-electron chi connectivity index (χ0n) is 22.8. The predicted molar refractivity (Wildman–Crippen MR) is 145 cm³/mol. The van der Waals surface area contributed by atoms with Crippen LogP contribution in [-0.2, 0) is 20.7 Å². The van der Waals surface area contributed by atoms with E-state index < -0.39 is 29.8 Å². The standard InChI is InChI=1S/C26H40N4O7S/c1-18(2)38-17-27-16-22(31)28-21(23(32)37-26(3,4)5)11-8-19-6-9-20(10-7-19)36-25(35)30-14-12-29(13-15-30)24(33)34/h6-7,9-10,18,21,27H,8,11-17H2,1-5H3,(H,28,31)(H,33,34)/t21-/m0/s1. The Morgan fingerprint density at radius 3 is 2.18 bits per heavy atom. The normalized spacial score (nSPS) is 14.7. The number of carbonyl (C=O) groups is 4. The second-order valence-electron chi connectivity index (χ2n) is 10.2. The van der Waals surface area contributed by atoms with E-state index in [1.54, 1.807) is 56.8 Å². The van der Waals surface area contributed by atoms with Crippen LogP contribution in [0.3, 0.4) is 0 Å². The number of esters is 1. The first kappa shape index (κ1) is 31.2. The third-order valence-electron chi connectivity index (χ3n) is 5.49. The Labute approximate surface area is 228 Å². The van der Waals surface area contributed by atoms with Gasteiger partial charge in [0.15, 0.2) is 0 Å². The van der Waals surface area contributed by atoms with E-state index >= 15 is 0 Å². The van der Waals surface area contributed by atoms with Gasteiger partial charge < -0.3 is 29.7 Å². The summed E-state index contributed by atoms with van der Waals surface area (Å²) < 4.78 is 10.9. The van der Waals surface area contributed by atoms with Gasteiger partial charge in [-0.25, -0.2) is 14.4 Å². The lowest BCUT2D eigenvalue weighted by Gasteiger charge is -2.32. The van der Waals surface area contributed by atoms with E-state index in [1.807, 2.05) is 0 Å². The lowest BCUT2D eigenvalue weighted by Crippen LogP contribution is -2.51. The molecular formula is C26H40N4O7S. The van der Waals surface area contributed by atoms with Crippen LogP contribution in [-0.4, -0.2) is 94.5 Å². The monoisotopic (exact) mass is 552 g/mol. The summed E-state index contributed by atoms with van der Waals surface area (Å²) in [6.07, 6.45) is -0.698. The number of ether oxygens (including phenoxy) is 2. The zero-order valence-corrected chi connectivity index (χ0v) is 23.6. The third kappa shape index (κ3) is 11.6. The Kier molecular flexibility index (Phi) is 12.2. The maximum Gasteiger partial charge on any atom is 0.415 e. The van der Waals surface area contributed by atoms with E-state index in [9.17, 15) is 19.2 Å². The second kappa shape index (κ2) is 14.8. The fourth-order valence-electron chi connectivity index (χ4n) is 3.54. The molecule has 0 aromatic heterocycles. The van der Waals surface area contributed by atoms with Crippen molar-refractivity contribution in [2.24, 2.45) is 0 Å². The van der Waals surface area contributed by atoms with E-state index in [-0.39, 0.29) is 38.6 Å². The number of aryl methyl sites for hydroxylation is 1. The molecule has 0 saturated carbocycles. The molecule has 3 amide bonds. The topological polar surface area (TPSA) is 138 Å². The molecule has 0 bridgehead atoms. The molecule has 1 aromatic rings. The van der Waals surface area contributed by atoms with Gasteiger partial charge >= 0.3 is 18.2 Å². The van der Waals surface area contributed by atoms with Gasteiger partial charge in [-0.15, -0.1) is 11.8 Å². The van der Waals surface area contributed by atoms with Gasteiger partial charge in [0, 0.05) is 37.3 Å². The van der Waals surface area contributed by atoms with Gasteiger partial charge in [0.25, 0.3) is 0 Å². The molecule has 1 aliphatic heterocycles. The molecule has 1 fully saturated rings. The zero-order chi connectivity index (χ0) is 28.3. The van der Waals surface area contributed by atoms with E-state index in [0.717, 1.165) is 5.56 Å². The highest BCUT2D eigenvalue weighted by Gasteiger charge is 2.27. The molecule has 1 heterocycles. The van der Waals surface area contributed by atoms with Crippen LogP contribution < -0.4 is 15.4 Å². The van der Waals surface area contributed by atoms with Crippen LogP contribution in [0.15, 0.2) is 24.3 Å². The first-order valence-electron chi connectivity index (χ1n) is 12.7. The van der Waals surface area contributed by atoms with Gasteiger partial charge in [-0.3, -0.25) is 10.1 Å². The third-order valence-corrected chi connectivity index (χ3v) is 6.53. The Morgan fingerprint density at radius 2 is 1.63 bits per heavy atom. The minimum Gasteiger partial charge on any atom is -0.465 e. The van der Waals surface area contributed by atoms with Crippen LogP contribution in [0.5, 0.6) is 5.75 Å². The van der Waals surface area contributed by atoms with Crippen molar-refractivity contribution in [2.75, 3.05) is 38.6 Å². The number of carbonyl (C=O) groups excluding carboxylic acids is 3. The van der Waals surface area contributed by atoms with Gasteiger partial charge in [-0.05, 0) is 51.3 Å². The van der Waals surface area contributed by atoms with Crippen molar-refractivity contribution < 1.29 is 33.8 Å². The SMILES string of the molecule is CC(C)SCNCC(=O)N[C@@H](CCc1ccc(OC(=O)N2CCN(C(=O)O)CC2)cc1)C(=O)OC(C)(C)C. The summed E-state index contributed by atoms with van der Waals surface area (Å²) in [7, 11) is 0. The summed E-state index contributed by atoms with van der Waals surface area (Å²) in [5.74, 6) is 0.229. The molecule has 0 radical (unpaired) electrons. The molecule has 1 aromatic carbocycles. The smallest absolute Gasteiger partial charge is 0.415 e. The van der Waals surface area contributed by atoms with Crippen molar-refractivity contribution in [1.82, 2.24) is 20.4 Å². The summed E-state index contributed by atoms with van der Waals surface area (Å²) in [5, 5.41) is 15.3. The van der Waals surface area contributed by atoms with Crippen LogP contribution in [0.2, 0.25) is 0 Å². The van der Waals surface area contributed by atoms with E-state index in [2.05, 4.69) is 24.5 Å². The Bertz CT molecular complexity index is 942. The fourth-order valence-corrected chi connectivity index (χ4v) is 4.09. The molecule has 1 saturated heterocycles. The largest absolute Gasteiger partial charge is 0.465 e. The minimum absolute atomic E-state index is 0.102. The summed E-state index contributed by atoms with van der Waals surface area (Å²) in [5.41, 5.74) is 0.215. The molecule has 3 N–H and O–H groups in total. The van der Waals surface area contributed by atoms with Crippen molar-refractivity contribution in [2.45, 2.75) is 64.4 Å². The van der Waals surface area contributed by atoms with Gasteiger partial charge in [0.1, 0.15) is 17.4 Å². The lowest BCUT2D eigenvalue weighted by atomic mass is 10.0. The van der Waals surface area contributed by atoms with E-state index in [0.29, 0.717) is 29.7 Å². The number of hydrogen-bond acceptors (Lipinski definition) is 8. The van der Waals surface area contributed by atoms with Crippen LogP contribution in [0.1, 0.15) is 46.6 Å². The van der Waals surface area contributed by atoms with Gasteiger partial charge in [-0.1, -0.05) is 26.0 Å². The number of nitrogens with one attached hydrogen (secondary N) is 2. The number of benzene rings is 1. The van der Waals surface area contributed by atoms with Crippen LogP contribution >= 0.6 is 11.8 Å². The number of piperazine rings is 1. The molecule has 0 unspecified atom stereocenters. The average molecular weight is 553 g/mol. The quantitative estimate of drug-likeness (QED) is 0.215. The maximum absolute atomic E-state index is 12.8. The van der Waals surface area contributed by atoms with Crippen LogP contribution in [0.25, 0.3) is 0 Å². The highest BCUT2D eigenvalue weighted by Crippen LogP contribution is 2.17. The Balaban J connectivity index is 1.89. The summed E-state index contributed by atoms with van der Waals surface area (Å²) in [6.45, 7) is 10.6. The van der Waals surface area contributed by atoms with Gasteiger partial charge in [0.2, 0.25) is 5.91 Å². The predicted octanol–water partition coefficient (Wildman–Crippen LogP) is 2.93. The lowest BCUT2D eigenvalue weighted by molar-refractivity contribution is -0.158. The molecule has 2 rings (SSSR count). The van der Waals surface area contributed by atoms with Crippen LogP contribution in [0.4, 0.5) is 9.59 Å². The van der Waals surface area contributed by atoms with E-state index in [1.165, 1.54) is 9.80 Å². The first-order chi connectivity index (χ1) is 17.8. The molecule has 0 aliphatic carbocycles. The van der Waals surface area contributed by atoms with Crippen LogP contribution in [0, 0.1) is 0 Å². The molecular weight excluding hydrogens is 512 g/mol. The highest BCUT2D eigenvalue weighted by molar-refractivity contribution is 7.99. The molecule has 12 heteroatoms. The van der Waals surface area contributed by atoms with Crippen molar-refractivity contribution in [3.05, 3.63) is 29.8 Å². The average Bonchev–Trinajstić information content (AvgIpc) is 2.84. The van der Waals surface area contributed by atoms with Crippen molar-refractivity contribution in [3.63, 3.8) is 0 Å². The summed E-state index contributed by atoms with van der Waals surface area (Å²) in [6, 6.07) is 6.12. The van der Waals surface area contributed by atoms with Gasteiger partial charge in [-0.2, -0.15) is 0 Å². The number of hydrogen-bond donors (Lipinski definition) is 3. The minimum atomic E-state index is -1.00. The molecule has 11 nitrogen and oxygen atoms in total. The number of nitrogens with zero attached hydrogens (tertiary/aromatic N) is 2. The maximum atomic E-state index is 12.8. The number of rotatable bonds is 11. The van der Waals surface area contributed by atoms with Crippen molar-refractivity contribution in [3.8, 4) is 5.75 Å². The number of amides is 3. The number of carboxylic acid groups (broad SMARTS) is 1. The Morgan fingerprint density at radius 1 is 1.03 bits per heavy atom. The summed E-state index contributed by atoms with van der Waals surface area (Å²) in [4.78, 5) is 51.3. The molecule has 0 spiro atoms. The molecule has 38 heavy (non-hydrogen) atoms. The Hall–Kier alpha value is -2.99. The second-order valence-corrected chi connectivity index (χ2v) is 11.8. The highest BCUT2D eigenvalue weighted by atomic mass is 32.2. The van der Waals surface area contributed by atoms with E-state index in [4.69, 9.17) is 14.6 Å². The summed E-state index contributed by atoms with van der Waals surface area (Å²) >= 11 is 1.69. The molecule has 1 aliphatic rings. The van der Waals surface area contributed by atoms with Crippen molar-refractivity contribution >= 4 is 35.8 Å².